The van der Waals surface area contributed by atoms with Gasteiger partial charge in [-0.15, -0.1) is 13.2 Å². The molecule has 2 rings (SSSR count). The van der Waals surface area contributed by atoms with E-state index in [0.717, 1.165) is 12.1 Å². The highest BCUT2D eigenvalue weighted by molar-refractivity contribution is 6.30. The van der Waals surface area contributed by atoms with Gasteiger partial charge in [0.2, 0.25) is 0 Å². The van der Waals surface area contributed by atoms with Crippen LogP contribution in [0.1, 0.15) is 17.0 Å². The van der Waals surface area contributed by atoms with E-state index in [4.69, 9.17) is 17.1 Å². The zero-order valence-electron chi connectivity index (χ0n) is 13.7. The highest BCUT2D eigenvalue weighted by Crippen LogP contribution is 2.35. The average Bonchev–Trinajstić information content (AvgIpc) is 2.61. The molecular weight excluding hydrogens is 383 g/mol. The molecule has 2 atom stereocenters. The van der Waals surface area contributed by atoms with Crippen LogP contribution in [0.2, 0.25) is 5.02 Å². The zero-order valence-corrected chi connectivity index (χ0v) is 14.4. The van der Waals surface area contributed by atoms with Crippen molar-refractivity contribution in [1.29, 1.82) is 0 Å². The molecule has 0 saturated heterocycles. The van der Waals surface area contributed by atoms with Gasteiger partial charge in [0.05, 0.1) is 0 Å². The standard InChI is InChI=1S/C18H13ClF3N3O2/c1-2-15(26)17(24-25-23)16(11-6-8-13(19)9-7-11)12-4-3-5-14(10-12)27-18(20,21)22/h3-10,16-17,26H,1H2/t16-,17+/m0/s1. The van der Waals surface area contributed by atoms with E-state index >= 15 is 0 Å². The molecule has 2 aromatic carbocycles. The van der Waals surface area contributed by atoms with Gasteiger partial charge in [-0.05, 0) is 40.9 Å². The molecule has 27 heavy (non-hydrogen) atoms. The summed E-state index contributed by atoms with van der Waals surface area (Å²) in [6.07, 6.45) is -4.86. The Hall–Kier alpha value is -3.05. The molecule has 2 aromatic rings. The molecule has 0 aliphatic heterocycles. The van der Waals surface area contributed by atoms with Gasteiger partial charge in [0.25, 0.3) is 0 Å². The summed E-state index contributed by atoms with van der Waals surface area (Å²) < 4.78 is 41.6. The minimum atomic E-state index is -4.86. The second-order valence-corrected chi connectivity index (χ2v) is 5.80. The number of azide groups is 1. The Morgan fingerprint density at radius 1 is 1.22 bits per heavy atom. The molecule has 0 saturated carbocycles. The van der Waals surface area contributed by atoms with Crippen LogP contribution in [0.25, 0.3) is 10.4 Å². The minimum absolute atomic E-state index is 0.318. The van der Waals surface area contributed by atoms with Crippen LogP contribution in [0.4, 0.5) is 13.2 Å². The maximum absolute atomic E-state index is 12.5. The van der Waals surface area contributed by atoms with Gasteiger partial charge in [-0.2, -0.15) is 0 Å². The number of hydrogen-bond donors (Lipinski definition) is 1. The summed E-state index contributed by atoms with van der Waals surface area (Å²) in [7, 11) is 0. The van der Waals surface area contributed by atoms with E-state index in [-0.39, 0.29) is 0 Å². The van der Waals surface area contributed by atoms with E-state index in [1.54, 1.807) is 24.3 Å². The zero-order chi connectivity index (χ0) is 20.0. The van der Waals surface area contributed by atoms with E-state index in [9.17, 15) is 18.3 Å². The van der Waals surface area contributed by atoms with E-state index in [1.807, 2.05) is 0 Å². The Balaban J connectivity index is 2.62. The van der Waals surface area contributed by atoms with Crippen LogP contribution in [-0.4, -0.2) is 17.5 Å². The number of benzene rings is 2. The van der Waals surface area contributed by atoms with Crippen molar-refractivity contribution < 1.29 is 23.0 Å². The fraction of sp³-hybridized carbons (Fsp3) is 0.167. The normalized spacial score (nSPS) is 13.0. The lowest BCUT2D eigenvalue weighted by atomic mass is 9.84. The smallest absolute Gasteiger partial charge is 0.504 e. The summed E-state index contributed by atoms with van der Waals surface area (Å²) in [4.78, 5) is 2.72. The molecule has 0 radical (unpaired) electrons. The molecule has 0 aliphatic carbocycles. The number of alkyl halides is 3. The molecule has 9 heteroatoms. The summed E-state index contributed by atoms with van der Waals surface area (Å²) in [5.41, 5.74) is 12.0. The second kappa shape index (κ2) is 8.56. The van der Waals surface area contributed by atoms with Crippen LogP contribution in [0.15, 0.2) is 71.7 Å². The molecule has 5 nitrogen and oxygen atoms in total. The maximum atomic E-state index is 12.5. The Bertz CT molecular complexity index is 903. The van der Waals surface area contributed by atoms with Crippen LogP contribution >= 0.6 is 11.6 Å². The number of halogens is 4. The number of rotatable bonds is 6. The van der Waals surface area contributed by atoms with E-state index < -0.39 is 29.8 Å². The summed E-state index contributed by atoms with van der Waals surface area (Å²) in [6.45, 7) is 3.32. The first-order chi connectivity index (χ1) is 12.7. The van der Waals surface area contributed by atoms with Gasteiger partial charge in [-0.25, -0.2) is 0 Å². The van der Waals surface area contributed by atoms with Gasteiger partial charge in [0.1, 0.15) is 17.6 Å². The SMILES string of the molecule is C=C=C(O)[C@@H](N=[N+]=[N-])[C@@H](c1ccc(Cl)cc1)c1cccc(OC(F)(F)F)c1. The molecule has 1 N–H and O–H groups in total. The third kappa shape index (κ3) is 5.46. The lowest BCUT2D eigenvalue weighted by Gasteiger charge is -2.24. The molecule has 0 spiro atoms. The van der Waals surface area contributed by atoms with Crippen molar-refractivity contribution in [3.63, 3.8) is 0 Å². The number of ether oxygens (including phenoxy) is 1. The topological polar surface area (TPSA) is 78.2 Å². The molecule has 0 bridgehead atoms. The lowest BCUT2D eigenvalue weighted by molar-refractivity contribution is -0.274. The van der Waals surface area contributed by atoms with E-state index in [2.05, 4.69) is 27.1 Å². The predicted molar refractivity (Wildman–Crippen MR) is 94.6 cm³/mol. The monoisotopic (exact) mass is 395 g/mol. The van der Waals surface area contributed by atoms with Crippen LogP contribution in [0.5, 0.6) is 5.75 Å². The molecule has 0 aromatic heterocycles. The summed E-state index contributed by atoms with van der Waals surface area (Å²) in [5, 5.41) is 14.1. The summed E-state index contributed by atoms with van der Waals surface area (Å²) in [6, 6.07) is 10.4. The van der Waals surface area contributed by atoms with Gasteiger partial charge in [0.15, 0.2) is 0 Å². The predicted octanol–water partition coefficient (Wildman–Crippen LogP) is 6.28. The first kappa shape index (κ1) is 20.3. The van der Waals surface area contributed by atoms with Crippen molar-refractivity contribution in [3.05, 3.63) is 93.2 Å². The molecular formula is C18H13ClF3N3O2. The van der Waals surface area contributed by atoms with Crippen molar-refractivity contribution >= 4 is 11.6 Å². The quantitative estimate of drug-likeness (QED) is 0.205. The van der Waals surface area contributed by atoms with Crippen LogP contribution < -0.4 is 4.74 Å². The number of aliphatic hydroxyl groups is 1. The van der Waals surface area contributed by atoms with Crippen LogP contribution in [0, 0.1) is 0 Å². The van der Waals surface area contributed by atoms with Crippen molar-refractivity contribution in [2.24, 2.45) is 5.11 Å². The van der Waals surface area contributed by atoms with Gasteiger partial charge in [-0.3, -0.25) is 0 Å². The first-order valence-electron chi connectivity index (χ1n) is 7.49. The maximum Gasteiger partial charge on any atom is 0.573 e. The number of hydrogen-bond acceptors (Lipinski definition) is 3. The van der Waals surface area contributed by atoms with Crippen molar-refractivity contribution in [2.75, 3.05) is 0 Å². The minimum Gasteiger partial charge on any atom is -0.504 e. The van der Waals surface area contributed by atoms with Gasteiger partial charge in [0, 0.05) is 15.9 Å². The van der Waals surface area contributed by atoms with E-state index in [1.165, 1.54) is 12.1 Å². The summed E-state index contributed by atoms with van der Waals surface area (Å²) in [5.74, 6) is -1.72. The van der Waals surface area contributed by atoms with Crippen molar-refractivity contribution in [3.8, 4) is 5.75 Å². The number of nitrogens with zero attached hydrogens (tertiary/aromatic N) is 3. The van der Waals surface area contributed by atoms with Gasteiger partial charge in [-0.1, -0.05) is 53.3 Å². The lowest BCUT2D eigenvalue weighted by Crippen LogP contribution is -2.21. The molecule has 140 valence electrons. The van der Waals surface area contributed by atoms with Crippen LogP contribution in [-0.2, 0) is 0 Å². The molecule has 0 aliphatic rings. The average molecular weight is 396 g/mol. The third-order valence-corrected chi connectivity index (χ3v) is 3.88. The third-order valence-electron chi connectivity index (χ3n) is 3.63. The van der Waals surface area contributed by atoms with Crippen molar-refractivity contribution in [1.82, 2.24) is 0 Å². The largest absolute Gasteiger partial charge is 0.573 e. The fourth-order valence-corrected chi connectivity index (χ4v) is 2.70. The molecule has 0 heterocycles. The molecule has 0 unspecified atom stereocenters. The Kier molecular flexibility index (Phi) is 6.42. The van der Waals surface area contributed by atoms with Crippen molar-refractivity contribution in [2.45, 2.75) is 18.3 Å². The van der Waals surface area contributed by atoms with Crippen LogP contribution in [0.3, 0.4) is 0 Å². The Morgan fingerprint density at radius 3 is 2.44 bits per heavy atom. The highest BCUT2D eigenvalue weighted by atomic mass is 35.5. The first-order valence-corrected chi connectivity index (χ1v) is 7.87. The Labute approximate surface area is 157 Å². The van der Waals surface area contributed by atoms with Gasteiger partial charge >= 0.3 is 6.36 Å². The fourth-order valence-electron chi connectivity index (χ4n) is 2.57. The number of aliphatic hydroxyl groups excluding tert-OH is 1. The molecule has 0 amide bonds. The Morgan fingerprint density at radius 2 is 1.89 bits per heavy atom. The highest BCUT2D eigenvalue weighted by Gasteiger charge is 2.32. The second-order valence-electron chi connectivity index (χ2n) is 5.36. The summed E-state index contributed by atoms with van der Waals surface area (Å²) >= 11 is 5.89. The van der Waals surface area contributed by atoms with E-state index in [0.29, 0.717) is 16.1 Å². The molecule has 0 fully saturated rings. The van der Waals surface area contributed by atoms with Gasteiger partial charge < -0.3 is 9.84 Å².